The summed E-state index contributed by atoms with van der Waals surface area (Å²) >= 11 is 0. The molecule has 4 heteroatoms. The number of fused-ring (bicyclic) bond motifs is 1. The summed E-state index contributed by atoms with van der Waals surface area (Å²) in [6, 6.07) is 8.60. The van der Waals surface area contributed by atoms with Gasteiger partial charge >= 0.3 is 0 Å². The van der Waals surface area contributed by atoms with Crippen molar-refractivity contribution in [3.05, 3.63) is 30.2 Å². The molecule has 1 unspecified atom stereocenters. The van der Waals surface area contributed by atoms with Crippen molar-refractivity contribution in [2.45, 2.75) is 44.6 Å². The first-order valence-electron chi connectivity index (χ1n) is 8.06. The van der Waals surface area contributed by atoms with Crippen molar-refractivity contribution in [3.8, 4) is 0 Å². The van der Waals surface area contributed by atoms with E-state index in [0.717, 1.165) is 49.2 Å². The molecule has 0 amide bonds. The molecule has 3 rings (SSSR count). The third-order valence-electron chi connectivity index (χ3n) is 4.37. The molecule has 0 saturated carbocycles. The Balaban J connectivity index is 1.49. The van der Waals surface area contributed by atoms with Crippen LogP contribution in [0.25, 0.3) is 11.1 Å². The molecule has 2 heterocycles. The number of rotatable bonds is 7. The quantitative estimate of drug-likeness (QED) is 0.851. The molecule has 1 N–H and O–H groups in total. The number of likely N-dealkylation sites (tertiary alicyclic amines) is 1. The van der Waals surface area contributed by atoms with Crippen LogP contribution in [0.2, 0.25) is 0 Å². The summed E-state index contributed by atoms with van der Waals surface area (Å²) in [4.78, 5) is 7.10. The van der Waals surface area contributed by atoms with Crippen LogP contribution in [0.4, 0.5) is 0 Å². The number of oxazole rings is 1. The molecular weight excluding hydrogens is 264 g/mol. The highest BCUT2D eigenvalue weighted by atomic mass is 16.3. The predicted octanol–water partition coefficient (Wildman–Crippen LogP) is 3.00. The van der Waals surface area contributed by atoms with Gasteiger partial charge in [0.15, 0.2) is 11.5 Å². The summed E-state index contributed by atoms with van der Waals surface area (Å²) in [5.74, 6) is 0.849. The molecule has 0 aliphatic carbocycles. The minimum atomic E-state index is 0.313. The van der Waals surface area contributed by atoms with Gasteiger partial charge in [-0.15, -0.1) is 0 Å². The molecular formula is C17H24N2O2. The van der Waals surface area contributed by atoms with Gasteiger partial charge < -0.3 is 14.4 Å². The normalized spacial score (nSPS) is 19.6. The summed E-state index contributed by atoms with van der Waals surface area (Å²) in [7, 11) is 0. The number of benzene rings is 1. The van der Waals surface area contributed by atoms with Gasteiger partial charge in [0.2, 0.25) is 0 Å². The summed E-state index contributed by atoms with van der Waals surface area (Å²) < 4.78 is 5.76. The second-order valence-electron chi connectivity index (χ2n) is 5.88. The molecule has 1 aliphatic heterocycles. The molecule has 4 nitrogen and oxygen atoms in total. The predicted molar refractivity (Wildman–Crippen MR) is 83.2 cm³/mol. The molecule has 0 spiro atoms. The monoisotopic (exact) mass is 288 g/mol. The van der Waals surface area contributed by atoms with Crippen molar-refractivity contribution in [2.75, 3.05) is 19.7 Å². The van der Waals surface area contributed by atoms with E-state index in [2.05, 4.69) is 9.88 Å². The summed E-state index contributed by atoms with van der Waals surface area (Å²) in [5, 5.41) is 8.97. The lowest BCUT2D eigenvalue weighted by molar-refractivity contribution is 0.213. The summed E-state index contributed by atoms with van der Waals surface area (Å²) in [6.07, 6.45) is 6.61. The van der Waals surface area contributed by atoms with Crippen LogP contribution in [0.1, 0.15) is 38.0 Å². The number of aliphatic hydroxyl groups is 1. The number of aromatic nitrogens is 1. The first-order chi connectivity index (χ1) is 10.4. The van der Waals surface area contributed by atoms with Gasteiger partial charge in [-0.2, -0.15) is 0 Å². The van der Waals surface area contributed by atoms with Crippen molar-refractivity contribution in [2.24, 2.45) is 0 Å². The molecule has 1 atom stereocenters. The van der Waals surface area contributed by atoms with E-state index >= 15 is 0 Å². The van der Waals surface area contributed by atoms with Crippen LogP contribution in [0, 0.1) is 0 Å². The van der Waals surface area contributed by atoms with Crippen LogP contribution in [0.15, 0.2) is 28.7 Å². The average Bonchev–Trinajstić information content (AvgIpc) is 3.11. The number of nitrogens with zero attached hydrogens (tertiary/aromatic N) is 2. The highest BCUT2D eigenvalue weighted by molar-refractivity contribution is 5.72. The van der Waals surface area contributed by atoms with Gasteiger partial charge in [-0.3, -0.25) is 0 Å². The Morgan fingerprint density at radius 2 is 2.19 bits per heavy atom. The maximum absolute atomic E-state index is 8.97. The van der Waals surface area contributed by atoms with E-state index < -0.39 is 0 Å². The maximum atomic E-state index is 8.97. The highest BCUT2D eigenvalue weighted by Crippen LogP contribution is 2.22. The number of hydrogen-bond donors (Lipinski definition) is 1. The van der Waals surface area contributed by atoms with E-state index in [1.54, 1.807) is 0 Å². The zero-order valence-corrected chi connectivity index (χ0v) is 12.5. The largest absolute Gasteiger partial charge is 0.441 e. The number of para-hydroxylation sites is 2. The number of aliphatic hydroxyl groups excluding tert-OH is 1. The van der Waals surface area contributed by atoms with Gasteiger partial charge in [0.25, 0.3) is 0 Å². The second-order valence-corrected chi connectivity index (χ2v) is 5.88. The number of hydrogen-bond acceptors (Lipinski definition) is 4. The minimum absolute atomic E-state index is 0.313. The molecule has 1 aromatic carbocycles. The lowest BCUT2D eigenvalue weighted by atomic mass is 10.1. The lowest BCUT2D eigenvalue weighted by Crippen LogP contribution is -2.30. The van der Waals surface area contributed by atoms with Gasteiger partial charge in [-0.25, -0.2) is 4.98 Å². The van der Waals surface area contributed by atoms with Crippen LogP contribution >= 0.6 is 0 Å². The van der Waals surface area contributed by atoms with Crippen molar-refractivity contribution in [1.29, 1.82) is 0 Å². The van der Waals surface area contributed by atoms with E-state index in [4.69, 9.17) is 9.52 Å². The fourth-order valence-corrected chi connectivity index (χ4v) is 3.30. The maximum Gasteiger partial charge on any atom is 0.195 e. The molecule has 0 bridgehead atoms. The van der Waals surface area contributed by atoms with Gasteiger partial charge in [0.1, 0.15) is 5.52 Å². The topological polar surface area (TPSA) is 49.5 Å². The first-order valence-corrected chi connectivity index (χ1v) is 8.06. The van der Waals surface area contributed by atoms with Crippen molar-refractivity contribution >= 4 is 11.1 Å². The van der Waals surface area contributed by atoms with Gasteiger partial charge in [0, 0.05) is 19.1 Å². The van der Waals surface area contributed by atoms with Gasteiger partial charge in [-0.1, -0.05) is 12.1 Å². The molecule has 1 aromatic heterocycles. The third kappa shape index (κ3) is 3.63. The minimum Gasteiger partial charge on any atom is -0.441 e. The Kier molecular flexibility index (Phi) is 4.88. The van der Waals surface area contributed by atoms with Gasteiger partial charge in [0.05, 0.1) is 0 Å². The lowest BCUT2D eigenvalue weighted by Gasteiger charge is -2.23. The first kappa shape index (κ1) is 14.5. The van der Waals surface area contributed by atoms with Crippen molar-refractivity contribution in [1.82, 2.24) is 9.88 Å². The van der Waals surface area contributed by atoms with E-state index in [-0.39, 0.29) is 0 Å². The van der Waals surface area contributed by atoms with Crippen LogP contribution in [0.5, 0.6) is 0 Å². The fraction of sp³-hybridized carbons (Fsp3) is 0.588. The Morgan fingerprint density at radius 1 is 1.29 bits per heavy atom. The Bertz CT molecular complexity index is 534. The number of aryl methyl sites for hydroxylation is 1. The van der Waals surface area contributed by atoms with Crippen molar-refractivity contribution in [3.63, 3.8) is 0 Å². The van der Waals surface area contributed by atoms with Crippen LogP contribution in [-0.2, 0) is 6.42 Å². The molecule has 2 aromatic rings. The van der Waals surface area contributed by atoms with Crippen molar-refractivity contribution < 1.29 is 9.52 Å². The van der Waals surface area contributed by atoms with E-state index in [1.165, 1.54) is 19.4 Å². The molecule has 0 radical (unpaired) electrons. The standard InChI is InChI=1S/C17H24N2O2/c20-13-5-7-14-6-3-11-19(14)12-4-10-17-18-15-8-1-2-9-16(15)21-17/h1-2,8-9,14,20H,3-7,10-13H2. The molecule has 1 aliphatic rings. The SMILES string of the molecule is OCCCC1CCCN1CCCc1nc2ccccc2o1. The highest BCUT2D eigenvalue weighted by Gasteiger charge is 2.23. The summed E-state index contributed by atoms with van der Waals surface area (Å²) in [5.41, 5.74) is 1.84. The van der Waals surface area contributed by atoms with E-state index in [1.807, 2.05) is 24.3 Å². The average molecular weight is 288 g/mol. The third-order valence-corrected chi connectivity index (χ3v) is 4.37. The Labute approximate surface area is 125 Å². The zero-order valence-electron chi connectivity index (χ0n) is 12.5. The molecule has 21 heavy (non-hydrogen) atoms. The molecule has 1 saturated heterocycles. The Morgan fingerprint density at radius 3 is 3.05 bits per heavy atom. The van der Waals surface area contributed by atoms with Gasteiger partial charge in [-0.05, 0) is 57.3 Å². The molecule has 114 valence electrons. The Hall–Kier alpha value is -1.39. The zero-order chi connectivity index (χ0) is 14.5. The van der Waals surface area contributed by atoms with E-state index in [9.17, 15) is 0 Å². The summed E-state index contributed by atoms with van der Waals surface area (Å²) in [6.45, 7) is 2.62. The smallest absolute Gasteiger partial charge is 0.195 e. The van der Waals surface area contributed by atoms with Crippen LogP contribution < -0.4 is 0 Å². The second kappa shape index (κ2) is 7.05. The fourth-order valence-electron chi connectivity index (χ4n) is 3.30. The van der Waals surface area contributed by atoms with E-state index in [0.29, 0.717) is 12.6 Å². The van der Waals surface area contributed by atoms with Crippen LogP contribution in [0.3, 0.4) is 0 Å². The van der Waals surface area contributed by atoms with Crippen LogP contribution in [-0.4, -0.2) is 40.7 Å². The molecule has 1 fully saturated rings.